The fourth-order valence-electron chi connectivity index (χ4n) is 1.67. The van der Waals surface area contributed by atoms with Gasteiger partial charge in [0.05, 0.1) is 0 Å². The largest absolute Gasteiger partial charge is 0.460 e. The third-order valence-corrected chi connectivity index (χ3v) is 2.52. The van der Waals surface area contributed by atoms with Crippen molar-refractivity contribution >= 4 is 11.7 Å². The van der Waals surface area contributed by atoms with E-state index >= 15 is 0 Å². The molecule has 0 aliphatic carbocycles. The van der Waals surface area contributed by atoms with E-state index in [1.165, 1.54) is 0 Å². The molecule has 0 heterocycles. The highest BCUT2D eigenvalue weighted by atomic mass is 16.5. The summed E-state index contributed by atoms with van der Waals surface area (Å²) in [5.74, 6) is -0.481. The van der Waals surface area contributed by atoms with Crippen LogP contribution in [0.3, 0.4) is 0 Å². The standard InChI is InChI=1S/C15H21NO3/c1-10(2)15(18)19-9-14(17)8-16-13-6-11(3)5-12(4)7-13/h5-7,14,16-17H,1,8-9H2,2-4H3. The number of nitrogens with one attached hydrogen (secondary N) is 1. The van der Waals surface area contributed by atoms with E-state index in [1.54, 1.807) is 6.92 Å². The summed E-state index contributed by atoms with van der Waals surface area (Å²) in [7, 11) is 0. The zero-order chi connectivity index (χ0) is 14.4. The van der Waals surface area contributed by atoms with Crippen LogP contribution in [0.15, 0.2) is 30.4 Å². The first-order chi connectivity index (χ1) is 8.88. The number of aliphatic hydroxyl groups excluding tert-OH is 1. The first kappa shape index (κ1) is 15.2. The lowest BCUT2D eigenvalue weighted by molar-refractivity contribution is -0.141. The van der Waals surface area contributed by atoms with E-state index in [1.807, 2.05) is 26.0 Å². The quantitative estimate of drug-likeness (QED) is 0.610. The summed E-state index contributed by atoms with van der Waals surface area (Å²) in [5.41, 5.74) is 3.59. The fraction of sp³-hybridized carbons (Fsp3) is 0.400. The van der Waals surface area contributed by atoms with Gasteiger partial charge in [0.25, 0.3) is 0 Å². The zero-order valence-corrected chi connectivity index (χ0v) is 11.7. The van der Waals surface area contributed by atoms with Crippen LogP contribution >= 0.6 is 0 Å². The molecule has 0 aromatic heterocycles. The molecule has 2 N–H and O–H groups in total. The van der Waals surface area contributed by atoms with E-state index in [0.717, 1.165) is 16.8 Å². The highest BCUT2D eigenvalue weighted by molar-refractivity contribution is 5.86. The third kappa shape index (κ3) is 5.57. The number of hydrogen-bond donors (Lipinski definition) is 2. The maximum Gasteiger partial charge on any atom is 0.333 e. The van der Waals surface area contributed by atoms with Crippen LogP contribution in [-0.2, 0) is 9.53 Å². The Hall–Kier alpha value is -1.81. The van der Waals surface area contributed by atoms with Gasteiger partial charge in [-0.1, -0.05) is 12.6 Å². The van der Waals surface area contributed by atoms with Crippen LogP contribution in [0.4, 0.5) is 5.69 Å². The molecule has 1 aromatic rings. The van der Waals surface area contributed by atoms with Crippen molar-refractivity contribution in [1.82, 2.24) is 0 Å². The minimum absolute atomic E-state index is 0.0382. The Morgan fingerprint density at radius 3 is 2.47 bits per heavy atom. The average Bonchev–Trinajstić information content (AvgIpc) is 2.32. The first-order valence-corrected chi connectivity index (χ1v) is 6.21. The van der Waals surface area contributed by atoms with Crippen LogP contribution in [0.2, 0.25) is 0 Å². The summed E-state index contributed by atoms with van der Waals surface area (Å²) in [4.78, 5) is 11.2. The van der Waals surface area contributed by atoms with E-state index in [0.29, 0.717) is 12.1 Å². The van der Waals surface area contributed by atoms with Crippen molar-refractivity contribution in [2.45, 2.75) is 26.9 Å². The second-order valence-corrected chi connectivity index (χ2v) is 4.79. The van der Waals surface area contributed by atoms with E-state index < -0.39 is 12.1 Å². The van der Waals surface area contributed by atoms with Gasteiger partial charge >= 0.3 is 5.97 Å². The van der Waals surface area contributed by atoms with Crippen molar-refractivity contribution in [2.24, 2.45) is 0 Å². The maximum absolute atomic E-state index is 11.2. The predicted molar refractivity (Wildman–Crippen MR) is 76.2 cm³/mol. The van der Waals surface area contributed by atoms with Crippen molar-refractivity contribution in [3.63, 3.8) is 0 Å². The molecule has 19 heavy (non-hydrogen) atoms. The molecule has 0 bridgehead atoms. The summed E-state index contributed by atoms with van der Waals surface area (Å²) in [6.45, 7) is 9.37. The molecule has 0 saturated carbocycles. The molecule has 0 amide bonds. The van der Waals surface area contributed by atoms with Gasteiger partial charge in [-0.05, 0) is 44.0 Å². The Bertz CT molecular complexity index is 448. The number of rotatable bonds is 6. The van der Waals surface area contributed by atoms with Crippen molar-refractivity contribution in [2.75, 3.05) is 18.5 Å². The number of hydrogen-bond acceptors (Lipinski definition) is 4. The van der Waals surface area contributed by atoms with Gasteiger partial charge < -0.3 is 15.2 Å². The minimum atomic E-state index is -0.746. The average molecular weight is 263 g/mol. The molecule has 1 atom stereocenters. The third-order valence-electron chi connectivity index (χ3n) is 2.52. The molecule has 0 aliphatic heterocycles. The Morgan fingerprint density at radius 2 is 1.95 bits per heavy atom. The molecule has 0 saturated heterocycles. The molecule has 0 fully saturated rings. The van der Waals surface area contributed by atoms with Crippen LogP contribution in [0, 0.1) is 13.8 Å². The van der Waals surface area contributed by atoms with Crippen molar-refractivity contribution in [3.05, 3.63) is 41.5 Å². The van der Waals surface area contributed by atoms with Crippen LogP contribution in [0.1, 0.15) is 18.1 Å². The lowest BCUT2D eigenvalue weighted by Crippen LogP contribution is -2.26. The Kier molecular flexibility index (Phi) is 5.57. The predicted octanol–water partition coefficient (Wildman–Crippen LogP) is 2.20. The van der Waals surface area contributed by atoms with Gasteiger partial charge in [-0.25, -0.2) is 4.79 Å². The van der Waals surface area contributed by atoms with E-state index in [2.05, 4.69) is 18.0 Å². The molecule has 0 spiro atoms. The molecule has 0 aliphatic rings. The molecule has 104 valence electrons. The van der Waals surface area contributed by atoms with Crippen LogP contribution in [0.5, 0.6) is 0 Å². The number of ether oxygens (including phenoxy) is 1. The molecule has 1 unspecified atom stereocenters. The fourth-order valence-corrected chi connectivity index (χ4v) is 1.67. The van der Waals surface area contributed by atoms with E-state index in [-0.39, 0.29) is 6.61 Å². The summed E-state index contributed by atoms with van der Waals surface area (Å²) in [5, 5.41) is 12.8. The second-order valence-electron chi connectivity index (χ2n) is 4.79. The van der Waals surface area contributed by atoms with Gasteiger partial charge in [0, 0.05) is 17.8 Å². The number of aliphatic hydroxyl groups is 1. The first-order valence-electron chi connectivity index (χ1n) is 6.21. The summed E-state index contributed by atoms with van der Waals surface area (Å²) >= 11 is 0. The van der Waals surface area contributed by atoms with Crippen LogP contribution < -0.4 is 5.32 Å². The smallest absolute Gasteiger partial charge is 0.333 e. The molecule has 4 nitrogen and oxygen atoms in total. The van der Waals surface area contributed by atoms with Gasteiger partial charge in [0.15, 0.2) is 0 Å². The number of esters is 1. The Morgan fingerprint density at radius 1 is 1.37 bits per heavy atom. The minimum Gasteiger partial charge on any atom is -0.460 e. The van der Waals surface area contributed by atoms with Crippen LogP contribution in [0.25, 0.3) is 0 Å². The molecular weight excluding hydrogens is 242 g/mol. The number of carbonyl (C=O) groups is 1. The maximum atomic E-state index is 11.2. The van der Waals surface area contributed by atoms with Gasteiger partial charge in [0.2, 0.25) is 0 Å². The van der Waals surface area contributed by atoms with E-state index in [4.69, 9.17) is 4.74 Å². The van der Waals surface area contributed by atoms with Crippen molar-refractivity contribution < 1.29 is 14.6 Å². The van der Waals surface area contributed by atoms with Gasteiger partial charge in [-0.15, -0.1) is 0 Å². The SMILES string of the molecule is C=C(C)C(=O)OCC(O)CNc1cc(C)cc(C)c1. The van der Waals surface area contributed by atoms with Crippen LogP contribution in [-0.4, -0.2) is 30.3 Å². The number of benzene rings is 1. The number of anilines is 1. The van der Waals surface area contributed by atoms with E-state index in [9.17, 15) is 9.90 Å². The molecular formula is C15H21NO3. The van der Waals surface area contributed by atoms with Gasteiger partial charge in [-0.3, -0.25) is 0 Å². The summed E-state index contributed by atoms with van der Waals surface area (Å²) in [6.07, 6.45) is -0.746. The highest BCUT2D eigenvalue weighted by Crippen LogP contribution is 2.13. The zero-order valence-electron chi connectivity index (χ0n) is 11.7. The topological polar surface area (TPSA) is 58.6 Å². The van der Waals surface area contributed by atoms with Gasteiger partial charge in [-0.2, -0.15) is 0 Å². The number of aryl methyl sites for hydroxylation is 2. The Balaban J connectivity index is 2.39. The molecule has 1 aromatic carbocycles. The number of carbonyl (C=O) groups excluding carboxylic acids is 1. The lowest BCUT2D eigenvalue weighted by atomic mass is 10.1. The highest BCUT2D eigenvalue weighted by Gasteiger charge is 2.09. The molecule has 1 rings (SSSR count). The molecule has 4 heteroatoms. The normalized spacial score (nSPS) is 11.8. The summed E-state index contributed by atoms with van der Waals surface area (Å²) in [6, 6.07) is 6.08. The molecule has 0 radical (unpaired) electrons. The lowest BCUT2D eigenvalue weighted by Gasteiger charge is -2.14. The second kappa shape index (κ2) is 6.95. The summed E-state index contributed by atoms with van der Waals surface area (Å²) < 4.78 is 4.87. The van der Waals surface area contributed by atoms with Crippen molar-refractivity contribution in [1.29, 1.82) is 0 Å². The monoisotopic (exact) mass is 263 g/mol. The van der Waals surface area contributed by atoms with Gasteiger partial charge in [0.1, 0.15) is 12.7 Å². The van der Waals surface area contributed by atoms with Crippen molar-refractivity contribution in [3.8, 4) is 0 Å². The Labute approximate surface area is 114 Å².